The van der Waals surface area contributed by atoms with Crippen LogP contribution in [0.3, 0.4) is 0 Å². The largest absolute Gasteiger partial charge is 0.481 e. The van der Waals surface area contributed by atoms with E-state index in [1.807, 2.05) is 20.8 Å². The van der Waals surface area contributed by atoms with Gasteiger partial charge in [0.25, 0.3) is 0 Å². The first-order valence-electron chi connectivity index (χ1n) is 13.2. The molecule has 40 heavy (non-hydrogen) atoms. The first-order valence-corrected chi connectivity index (χ1v) is 13.2. The third-order valence-electron chi connectivity index (χ3n) is 6.79. The lowest BCUT2D eigenvalue weighted by Crippen LogP contribution is -2.47. The van der Waals surface area contributed by atoms with Crippen LogP contribution in [0.1, 0.15) is 61.3 Å². The number of nitriles is 1. The van der Waals surface area contributed by atoms with Crippen molar-refractivity contribution in [2.75, 3.05) is 18.1 Å². The van der Waals surface area contributed by atoms with Gasteiger partial charge in [-0.2, -0.15) is 5.26 Å². The van der Waals surface area contributed by atoms with Crippen LogP contribution >= 0.6 is 0 Å². The molecule has 1 aromatic carbocycles. The summed E-state index contributed by atoms with van der Waals surface area (Å²) in [6, 6.07) is 9.95. The molecule has 11 heteroatoms. The summed E-state index contributed by atoms with van der Waals surface area (Å²) in [5.41, 5.74) is -2.66. The van der Waals surface area contributed by atoms with Crippen LogP contribution in [-0.2, 0) is 23.9 Å². The van der Waals surface area contributed by atoms with Crippen LogP contribution in [0.5, 0.6) is 0 Å². The van der Waals surface area contributed by atoms with E-state index in [1.165, 1.54) is 13.8 Å². The van der Waals surface area contributed by atoms with Gasteiger partial charge in [0.1, 0.15) is 6.61 Å². The summed E-state index contributed by atoms with van der Waals surface area (Å²) < 4.78 is 5.34. The summed E-state index contributed by atoms with van der Waals surface area (Å²) in [7, 11) is 0. The molecule has 1 aliphatic rings. The SMILES string of the molecule is CC(C)(C)NC(=O)NCCOC(=O)C(C)(C)CC(C#N)C1C(=O)N(c2ccccc2)C(=O)C1CC(C)(C)C(=O)O. The Bertz CT molecular complexity index is 1170. The molecule has 1 aromatic rings. The van der Waals surface area contributed by atoms with Gasteiger partial charge in [-0.25, -0.2) is 4.79 Å². The van der Waals surface area contributed by atoms with Gasteiger partial charge in [0.2, 0.25) is 11.8 Å². The molecule has 3 atom stereocenters. The predicted molar refractivity (Wildman–Crippen MR) is 147 cm³/mol. The number of carboxylic acid groups (broad SMARTS) is 1. The number of ether oxygens (including phenoxy) is 1. The van der Waals surface area contributed by atoms with E-state index in [-0.39, 0.29) is 26.0 Å². The second-order valence-electron chi connectivity index (χ2n) is 12.5. The number of nitrogens with one attached hydrogen (secondary N) is 2. The summed E-state index contributed by atoms with van der Waals surface area (Å²) in [5, 5.41) is 25.2. The maximum atomic E-state index is 13.7. The van der Waals surface area contributed by atoms with Gasteiger partial charge in [-0.3, -0.25) is 24.1 Å². The van der Waals surface area contributed by atoms with Crippen molar-refractivity contribution in [2.24, 2.45) is 28.6 Å². The van der Waals surface area contributed by atoms with E-state index in [0.29, 0.717) is 5.69 Å². The number of aliphatic carboxylic acids is 1. The summed E-state index contributed by atoms with van der Waals surface area (Å²) in [5.74, 6) is -6.23. The van der Waals surface area contributed by atoms with Crippen LogP contribution in [0.15, 0.2) is 30.3 Å². The molecule has 3 N–H and O–H groups in total. The van der Waals surface area contributed by atoms with Gasteiger partial charge in [0.15, 0.2) is 0 Å². The number of hydrogen-bond donors (Lipinski definition) is 3. The number of carbonyl (C=O) groups is 5. The Morgan fingerprint density at radius 2 is 1.62 bits per heavy atom. The normalized spacial score (nSPS) is 18.6. The fourth-order valence-corrected chi connectivity index (χ4v) is 4.66. The third-order valence-corrected chi connectivity index (χ3v) is 6.79. The highest BCUT2D eigenvalue weighted by Gasteiger charge is 2.55. The molecular formula is C29H40N4O7. The van der Waals surface area contributed by atoms with Gasteiger partial charge < -0.3 is 20.5 Å². The smallest absolute Gasteiger partial charge is 0.315 e. The number of nitrogens with zero attached hydrogens (tertiary/aromatic N) is 2. The highest BCUT2D eigenvalue weighted by Crippen LogP contribution is 2.44. The molecule has 1 heterocycles. The molecule has 11 nitrogen and oxygen atoms in total. The number of amides is 4. The van der Waals surface area contributed by atoms with E-state index in [4.69, 9.17) is 4.74 Å². The van der Waals surface area contributed by atoms with Gasteiger partial charge in [0.05, 0.1) is 46.9 Å². The molecule has 2 rings (SSSR count). The van der Waals surface area contributed by atoms with Gasteiger partial charge in [-0.05, 0) is 73.4 Å². The van der Waals surface area contributed by atoms with Crippen LogP contribution in [0.2, 0.25) is 0 Å². The molecule has 0 spiro atoms. The second kappa shape index (κ2) is 12.5. The molecule has 0 radical (unpaired) electrons. The standard InChI is InChI=1S/C29H40N4O7/c1-27(2,3)32-26(39)31-13-14-40-25(38)29(6,7)15-18(17-30)21-20(16-28(4,5)24(36)37)22(34)33(23(21)35)19-11-9-8-10-12-19/h8-12,18,20-21H,13-16H2,1-7H3,(H,36,37)(H2,31,32,39). The molecular weight excluding hydrogens is 516 g/mol. The van der Waals surface area contributed by atoms with Crippen LogP contribution in [0.4, 0.5) is 10.5 Å². The molecule has 0 saturated carbocycles. The second-order valence-corrected chi connectivity index (χ2v) is 12.5. The Hall–Kier alpha value is -3.94. The van der Waals surface area contributed by atoms with Crippen molar-refractivity contribution in [3.63, 3.8) is 0 Å². The number of anilines is 1. The average Bonchev–Trinajstić information content (AvgIpc) is 3.08. The van der Waals surface area contributed by atoms with Gasteiger partial charge >= 0.3 is 18.0 Å². The van der Waals surface area contributed by atoms with Crippen LogP contribution in [0.25, 0.3) is 0 Å². The Kier molecular flexibility index (Phi) is 10.1. The topological polar surface area (TPSA) is 166 Å². The molecule has 3 unspecified atom stereocenters. The lowest BCUT2D eigenvalue weighted by atomic mass is 9.70. The van der Waals surface area contributed by atoms with Crippen LogP contribution in [-0.4, -0.2) is 53.6 Å². The minimum Gasteiger partial charge on any atom is -0.481 e. The quantitative estimate of drug-likeness (QED) is 0.212. The number of carbonyl (C=O) groups excluding carboxylic acids is 4. The summed E-state index contributed by atoms with van der Waals surface area (Å²) in [4.78, 5) is 64.9. The molecule has 218 valence electrons. The first-order chi connectivity index (χ1) is 18.4. The minimum absolute atomic E-state index is 0.0689. The average molecular weight is 557 g/mol. The Morgan fingerprint density at radius 3 is 2.15 bits per heavy atom. The van der Waals surface area contributed by atoms with E-state index < -0.39 is 63.9 Å². The van der Waals surface area contributed by atoms with Crippen LogP contribution in [0, 0.1) is 39.9 Å². The van der Waals surface area contributed by atoms with Crippen molar-refractivity contribution < 1.29 is 33.8 Å². The zero-order chi connectivity index (χ0) is 30.5. The highest BCUT2D eigenvalue weighted by atomic mass is 16.5. The molecule has 1 fully saturated rings. The van der Waals surface area contributed by atoms with Gasteiger partial charge in [-0.15, -0.1) is 0 Å². The monoisotopic (exact) mass is 556 g/mol. The minimum atomic E-state index is -1.34. The predicted octanol–water partition coefficient (Wildman–Crippen LogP) is 3.49. The zero-order valence-electron chi connectivity index (χ0n) is 24.2. The fourth-order valence-electron chi connectivity index (χ4n) is 4.66. The molecule has 0 bridgehead atoms. The number of rotatable bonds is 11. The van der Waals surface area contributed by atoms with E-state index in [9.17, 15) is 34.3 Å². The van der Waals surface area contributed by atoms with E-state index in [2.05, 4.69) is 16.7 Å². The summed E-state index contributed by atoms with van der Waals surface area (Å²) in [6.07, 6.45) is -0.261. The van der Waals surface area contributed by atoms with E-state index >= 15 is 0 Å². The Morgan fingerprint density at radius 1 is 1.02 bits per heavy atom. The molecule has 4 amide bonds. The Balaban J connectivity index is 2.22. The van der Waals surface area contributed by atoms with Gasteiger partial charge in [-0.1, -0.05) is 18.2 Å². The van der Waals surface area contributed by atoms with E-state index in [0.717, 1.165) is 4.90 Å². The maximum Gasteiger partial charge on any atom is 0.315 e. The van der Waals surface area contributed by atoms with Crippen LogP contribution < -0.4 is 15.5 Å². The number of hydrogen-bond acceptors (Lipinski definition) is 7. The lowest BCUT2D eigenvalue weighted by molar-refractivity contribution is -0.155. The summed E-state index contributed by atoms with van der Waals surface area (Å²) >= 11 is 0. The Labute approximate surface area is 235 Å². The molecule has 0 aliphatic carbocycles. The number of imide groups is 1. The number of esters is 1. The zero-order valence-corrected chi connectivity index (χ0v) is 24.2. The van der Waals surface area contributed by atoms with Gasteiger partial charge in [0, 0.05) is 5.54 Å². The maximum absolute atomic E-state index is 13.7. The number of benzene rings is 1. The molecule has 1 aliphatic heterocycles. The highest BCUT2D eigenvalue weighted by molar-refractivity contribution is 6.22. The first kappa shape index (κ1) is 32.3. The summed E-state index contributed by atoms with van der Waals surface area (Å²) in [6.45, 7) is 11.5. The van der Waals surface area contributed by atoms with Crippen molar-refractivity contribution in [2.45, 2.75) is 66.8 Å². The third kappa shape index (κ3) is 8.04. The lowest BCUT2D eigenvalue weighted by Gasteiger charge is -2.30. The fraction of sp³-hybridized carbons (Fsp3) is 0.586. The van der Waals surface area contributed by atoms with Crippen molar-refractivity contribution in [1.29, 1.82) is 5.26 Å². The molecule has 1 saturated heterocycles. The number of urea groups is 1. The number of para-hydroxylation sites is 1. The van der Waals surface area contributed by atoms with E-state index in [1.54, 1.807) is 44.2 Å². The van der Waals surface area contributed by atoms with Crippen molar-refractivity contribution in [3.05, 3.63) is 30.3 Å². The molecule has 0 aromatic heterocycles. The van der Waals surface area contributed by atoms with Crippen molar-refractivity contribution in [1.82, 2.24) is 10.6 Å². The van der Waals surface area contributed by atoms with Crippen molar-refractivity contribution in [3.8, 4) is 6.07 Å². The van der Waals surface area contributed by atoms with Crippen molar-refractivity contribution >= 4 is 35.5 Å². The number of carboxylic acids is 1.